The van der Waals surface area contributed by atoms with Crippen LogP contribution in [0.2, 0.25) is 0 Å². The molecule has 0 spiro atoms. The van der Waals surface area contributed by atoms with Crippen molar-refractivity contribution in [2.75, 3.05) is 13.1 Å². The Hall–Kier alpha value is -2.37. The maximum absolute atomic E-state index is 12.4. The lowest BCUT2D eigenvalue weighted by Crippen LogP contribution is -2.46. The Bertz CT molecular complexity index is 659. The van der Waals surface area contributed by atoms with Gasteiger partial charge in [-0.1, -0.05) is 51.1 Å². The van der Waals surface area contributed by atoms with Gasteiger partial charge in [0.15, 0.2) is 6.10 Å². The van der Waals surface area contributed by atoms with Crippen molar-refractivity contribution < 1.29 is 19.1 Å². The number of ether oxygens (including phenoxy) is 1. The minimum Gasteiger partial charge on any atom is -0.452 e. The molecule has 1 heterocycles. The molecule has 1 N–H and O–H groups in total. The lowest BCUT2D eigenvalue weighted by Gasteiger charge is -2.35. The van der Waals surface area contributed by atoms with Gasteiger partial charge in [-0.2, -0.15) is 0 Å². The van der Waals surface area contributed by atoms with Gasteiger partial charge in [0.05, 0.1) is 5.92 Å². The summed E-state index contributed by atoms with van der Waals surface area (Å²) < 4.78 is 5.35. The first kappa shape index (κ1) is 20.9. The molecular formula is C21H30N2O4. The van der Waals surface area contributed by atoms with Crippen LogP contribution in [0.4, 0.5) is 0 Å². The Balaban J connectivity index is 1.76. The molecule has 6 nitrogen and oxygen atoms in total. The summed E-state index contributed by atoms with van der Waals surface area (Å²) in [5.74, 6) is -0.839. The van der Waals surface area contributed by atoms with Gasteiger partial charge in [0.1, 0.15) is 0 Å². The van der Waals surface area contributed by atoms with E-state index >= 15 is 0 Å². The number of piperidine rings is 1. The minimum absolute atomic E-state index is 0.1000. The topological polar surface area (TPSA) is 75.7 Å². The summed E-state index contributed by atoms with van der Waals surface area (Å²) in [7, 11) is 0. The Morgan fingerprint density at radius 2 is 1.74 bits per heavy atom. The highest BCUT2D eigenvalue weighted by Crippen LogP contribution is 2.24. The maximum atomic E-state index is 12.4. The average Bonchev–Trinajstić information content (AvgIpc) is 2.65. The minimum atomic E-state index is -0.838. The molecule has 2 rings (SSSR count). The summed E-state index contributed by atoms with van der Waals surface area (Å²) in [5.41, 5.74) is 0.568. The second-order valence-electron chi connectivity index (χ2n) is 8.10. The van der Waals surface area contributed by atoms with Gasteiger partial charge >= 0.3 is 5.97 Å². The van der Waals surface area contributed by atoms with Crippen molar-refractivity contribution in [2.24, 2.45) is 11.3 Å². The fraction of sp³-hybridized carbons (Fsp3) is 0.571. The number of esters is 1. The van der Waals surface area contributed by atoms with Gasteiger partial charge < -0.3 is 15.0 Å². The van der Waals surface area contributed by atoms with Crippen LogP contribution in [0, 0.1) is 11.3 Å². The lowest BCUT2D eigenvalue weighted by atomic mass is 9.91. The molecule has 1 aromatic rings. The third-order valence-electron chi connectivity index (χ3n) is 4.73. The molecule has 6 heteroatoms. The van der Waals surface area contributed by atoms with E-state index in [0.29, 0.717) is 32.5 Å². The van der Waals surface area contributed by atoms with Gasteiger partial charge in [-0.25, -0.2) is 0 Å². The largest absolute Gasteiger partial charge is 0.452 e. The quantitative estimate of drug-likeness (QED) is 0.804. The van der Waals surface area contributed by atoms with Crippen molar-refractivity contribution in [3.63, 3.8) is 0 Å². The summed E-state index contributed by atoms with van der Waals surface area (Å²) in [5, 5.41) is 2.78. The van der Waals surface area contributed by atoms with Crippen LogP contribution in [0.15, 0.2) is 30.3 Å². The zero-order valence-electron chi connectivity index (χ0n) is 16.7. The molecule has 0 saturated carbocycles. The van der Waals surface area contributed by atoms with E-state index in [9.17, 15) is 14.4 Å². The molecule has 1 saturated heterocycles. The van der Waals surface area contributed by atoms with Crippen LogP contribution in [-0.2, 0) is 25.7 Å². The van der Waals surface area contributed by atoms with Crippen molar-refractivity contribution in [3.8, 4) is 0 Å². The van der Waals surface area contributed by atoms with Crippen molar-refractivity contribution in [2.45, 2.75) is 53.2 Å². The van der Waals surface area contributed by atoms with E-state index < -0.39 is 11.5 Å². The summed E-state index contributed by atoms with van der Waals surface area (Å²) >= 11 is 0. The van der Waals surface area contributed by atoms with E-state index in [1.54, 1.807) is 11.8 Å². The third kappa shape index (κ3) is 6.08. The Morgan fingerprint density at radius 1 is 1.15 bits per heavy atom. The average molecular weight is 374 g/mol. The fourth-order valence-electron chi connectivity index (χ4n) is 3.05. The highest BCUT2D eigenvalue weighted by atomic mass is 16.5. The molecule has 0 bridgehead atoms. The molecular weight excluding hydrogens is 344 g/mol. The molecule has 1 atom stereocenters. The molecule has 1 unspecified atom stereocenters. The highest BCUT2D eigenvalue weighted by molar-refractivity contribution is 5.84. The SMILES string of the molecule is CC(OC(=O)C1CCN(C(=O)C(C)(C)C)CC1)C(=O)NCc1ccccc1. The van der Waals surface area contributed by atoms with Crippen molar-refractivity contribution in [1.29, 1.82) is 0 Å². The number of nitrogens with one attached hydrogen (secondary N) is 1. The highest BCUT2D eigenvalue weighted by Gasteiger charge is 2.33. The molecule has 2 amide bonds. The number of carbonyl (C=O) groups is 3. The number of hydrogen-bond donors (Lipinski definition) is 1. The fourth-order valence-corrected chi connectivity index (χ4v) is 3.05. The number of carbonyl (C=O) groups excluding carboxylic acids is 3. The van der Waals surface area contributed by atoms with Crippen LogP contribution in [0.3, 0.4) is 0 Å². The van der Waals surface area contributed by atoms with Crippen molar-refractivity contribution in [3.05, 3.63) is 35.9 Å². The second kappa shape index (κ2) is 9.02. The van der Waals surface area contributed by atoms with Crippen LogP contribution < -0.4 is 5.32 Å². The van der Waals surface area contributed by atoms with E-state index in [1.807, 2.05) is 51.1 Å². The first-order chi connectivity index (χ1) is 12.7. The summed E-state index contributed by atoms with van der Waals surface area (Å²) in [4.78, 5) is 38.6. The molecule has 148 valence electrons. The van der Waals surface area contributed by atoms with Gasteiger partial charge in [-0.15, -0.1) is 0 Å². The van der Waals surface area contributed by atoms with Gasteiger partial charge in [0, 0.05) is 25.0 Å². The summed E-state index contributed by atoms with van der Waals surface area (Å²) in [6.45, 7) is 8.75. The van der Waals surface area contributed by atoms with Crippen LogP contribution in [-0.4, -0.2) is 41.9 Å². The maximum Gasteiger partial charge on any atom is 0.309 e. The molecule has 1 aliphatic rings. The summed E-state index contributed by atoms with van der Waals surface area (Å²) in [6, 6.07) is 9.56. The number of rotatable bonds is 5. The molecule has 0 aliphatic carbocycles. The van der Waals surface area contributed by atoms with E-state index in [-0.39, 0.29) is 23.7 Å². The summed E-state index contributed by atoms with van der Waals surface area (Å²) in [6.07, 6.45) is 0.299. The van der Waals surface area contributed by atoms with E-state index in [2.05, 4.69) is 5.32 Å². The smallest absolute Gasteiger partial charge is 0.309 e. The van der Waals surface area contributed by atoms with Crippen LogP contribution >= 0.6 is 0 Å². The molecule has 0 radical (unpaired) electrons. The Kier molecular flexibility index (Phi) is 6.99. The number of likely N-dealkylation sites (tertiary alicyclic amines) is 1. The monoisotopic (exact) mass is 374 g/mol. The Labute approximate surface area is 161 Å². The Morgan fingerprint density at radius 3 is 2.30 bits per heavy atom. The molecule has 1 fully saturated rings. The van der Waals surface area contributed by atoms with Crippen molar-refractivity contribution in [1.82, 2.24) is 10.2 Å². The van der Waals surface area contributed by atoms with Crippen LogP contribution in [0.5, 0.6) is 0 Å². The molecule has 0 aromatic heterocycles. The standard InChI is InChI=1S/C21H30N2O4/c1-15(18(24)22-14-16-8-6-5-7-9-16)27-19(25)17-10-12-23(13-11-17)20(26)21(2,3)4/h5-9,15,17H,10-14H2,1-4H3,(H,22,24). The third-order valence-corrected chi connectivity index (χ3v) is 4.73. The normalized spacial score (nSPS) is 16.5. The number of benzene rings is 1. The predicted octanol–water partition coefficient (Wildman–Crippen LogP) is 2.52. The van der Waals surface area contributed by atoms with Crippen molar-refractivity contribution >= 4 is 17.8 Å². The van der Waals surface area contributed by atoms with Crippen LogP contribution in [0.1, 0.15) is 46.1 Å². The van der Waals surface area contributed by atoms with Gasteiger partial charge in [0.25, 0.3) is 5.91 Å². The van der Waals surface area contributed by atoms with E-state index in [1.165, 1.54) is 0 Å². The lowest BCUT2D eigenvalue weighted by molar-refractivity contribution is -0.161. The zero-order chi connectivity index (χ0) is 20.0. The van der Waals surface area contributed by atoms with E-state index in [0.717, 1.165) is 5.56 Å². The first-order valence-corrected chi connectivity index (χ1v) is 9.50. The van der Waals surface area contributed by atoms with E-state index in [4.69, 9.17) is 4.74 Å². The van der Waals surface area contributed by atoms with Gasteiger partial charge in [0.2, 0.25) is 5.91 Å². The first-order valence-electron chi connectivity index (χ1n) is 9.50. The number of hydrogen-bond acceptors (Lipinski definition) is 4. The zero-order valence-corrected chi connectivity index (χ0v) is 16.7. The second-order valence-corrected chi connectivity index (χ2v) is 8.10. The molecule has 1 aromatic carbocycles. The number of amides is 2. The molecule has 27 heavy (non-hydrogen) atoms. The molecule has 1 aliphatic heterocycles. The number of nitrogens with zero attached hydrogens (tertiary/aromatic N) is 1. The predicted molar refractivity (Wildman–Crippen MR) is 103 cm³/mol. The van der Waals surface area contributed by atoms with Gasteiger partial charge in [-0.3, -0.25) is 14.4 Å². The van der Waals surface area contributed by atoms with Crippen LogP contribution in [0.25, 0.3) is 0 Å². The van der Waals surface area contributed by atoms with Gasteiger partial charge in [-0.05, 0) is 25.3 Å².